The third kappa shape index (κ3) is 2.65. The van der Waals surface area contributed by atoms with Crippen molar-refractivity contribution in [3.63, 3.8) is 0 Å². The van der Waals surface area contributed by atoms with E-state index >= 15 is 0 Å². The van der Waals surface area contributed by atoms with Crippen molar-refractivity contribution in [3.05, 3.63) is 63.1 Å². The molecule has 5 nitrogen and oxygen atoms in total. The molecule has 3 aromatic rings. The van der Waals surface area contributed by atoms with Gasteiger partial charge in [0.1, 0.15) is 0 Å². The van der Waals surface area contributed by atoms with Gasteiger partial charge in [0, 0.05) is 27.6 Å². The SMILES string of the molecule is COc1nc2ccc(Br)cc2cc1-c1ccc([N+](=O)[O-])cc1. The average Bonchev–Trinajstić information content (AvgIpc) is 2.53. The summed E-state index contributed by atoms with van der Waals surface area (Å²) in [6.45, 7) is 0. The molecule has 22 heavy (non-hydrogen) atoms. The zero-order chi connectivity index (χ0) is 15.7. The number of hydrogen-bond acceptors (Lipinski definition) is 4. The Morgan fingerprint density at radius 3 is 2.50 bits per heavy atom. The maximum atomic E-state index is 10.7. The molecule has 1 heterocycles. The number of aromatic nitrogens is 1. The van der Waals surface area contributed by atoms with Gasteiger partial charge in [-0.25, -0.2) is 4.98 Å². The van der Waals surface area contributed by atoms with E-state index in [0.717, 1.165) is 26.5 Å². The van der Waals surface area contributed by atoms with Crippen molar-refractivity contribution in [2.75, 3.05) is 7.11 Å². The van der Waals surface area contributed by atoms with E-state index in [2.05, 4.69) is 20.9 Å². The molecule has 1 aromatic heterocycles. The average molecular weight is 359 g/mol. The molecular weight excluding hydrogens is 348 g/mol. The molecule has 6 heteroatoms. The lowest BCUT2D eigenvalue weighted by atomic mass is 10.0. The maximum absolute atomic E-state index is 10.7. The normalized spacial score (nSPS) is 10.6. The first kappa shape index (κ1) is 14.5. The second kappa shape index (κ2) is 5.73. The van der Waals surface area contributed by atoms with E-state index in [4.69, 9.17) is 4.74 Å². The Labute approximate surface area is 134 Å². The van der Waals surface area contributed by atoms with Crippen LogP contribution in [0.25, 0.3) is 22.0 Å². The summed E-state index contributed by atoms with van der Waals surface area (Å²) in [7, 11) is 1.56. The zero-order valence-corrected chi connectivity index (χ0v) is 13.2. The van der Waals surface area contributed by atoms with Gasteiger partial charge in [0.25, 0.3) is 5.69 Å². The predicted molar refractivity (Wildman–Crippen MR) is 88.1 cm³/mol. The summed E-state index contributed by atoms with van der Waals surface area (Å²) in [5.41, 5.74) is 2.49. The third-order valence-electron chi connectivity index (χ3n) is 3.32. The van der Waals surface area contributed by atoms with Gasteiger partial charge in [-0.05, 0) is 42.0 Å². The second-order valence-electron chi connectivity index (χ2n) is 4.69. The fourth-order valence-corrected chi connectivity index (χ4v) is 2.63. The van der Waals surface area contributed by atoms with Crippen LogP contribution in [-0.4, -0.2) is 17.0 Å². The molecule has 110 valence electrons. The summed E-state index contributed by atoms with van der Waals surface area (Å²) >= 11 is 3.44. The zero-order valence-electron chi connectivity index (χ0n) is 11.6. The van der Waals surface area contributed by atoms with E-state index in [1.807, 2.05) is 24.3 Å². The molecule has 0 amide bonds. The number of pyridine rings is 1. The quantitative estimate of drug-likeness (QED) is 0.507. The Morgan fingerprint density at radius 2 is 1.86 bits per heavy atom. The molecule has 0 aliphatic carbocycles. The van der Waals surface area contributed by atoms with E-state index < -0.39 is 4.92 Å². The minimum absolute atomic E-state index is 0.0548. The minimum Gasteiger partial charge on any atom is -0.481 e. The van der Waals surface area contributed by atoms with Crippen LogP contribution < -0.4 is 4.74 Å². The fourth-order valence-electron chi connectivity index (χ4n) is 2.25. The molecule has 0 spiro atoms. The van der Waals surface area contributed by atoms with Gasteiger partial charge in [-0.1, -0.05) is 15.9 Å². The highest BCUT2D eigenvalue weighted by molar-refractivity contribution is 9.10. The number of hydrogen-bond donors (Lipinski definition) is 0. The minimum atomic E-state index is -0.420. The van der Waals surface area contributed by atoms with Crippen LogP contribution in [0, 0.1) is 10.1 Å². The van der Waals surface area contributed by atoms with E-state index in [1.165, 1.54) is 12.1 Å². The number of nitro groups is 1. The molecule has 0 radical (unpaired) electrons. The third-order valence-corrected chi connectivity index (χ3v) is 3.82. The summed E-state index contributed by atoms with van der Waals surface area (Å²) < 4.78 is 6.32. The summed E-state index contributed by atoms with van der Waals surface area (Å²) in [6.07, 6.45) is 0. The van der Waals surface area contributed by atoms with Crippen molar-refractivity contribution in [2.45, 2.75) is 0 Å². The van der Waals surface area contributed by atoms with Crippen molar-refractivity contribution in [2.24, 2.45) is 0 Å². The molecule has 3 rings (SSSR count). The first-order valence-electron chi connectivity index (χ1n) is 6.47. The molecule has 0 fully saturated rings. The van der Waals surface area contributed by atoms with Crippen LogP contribution in [0.3, 0.4) is 0 Å². The molecule has 0 aliphatic heterocycles. The molecule has 0 saturated heterocycles. The maximum Gasteiger partial charge on any atom is 0.269 e. The molecule has 0 N–H and O–H groups in total. The van der Waals surface area contributed by atoms with Crippen LogP contribution in [0.1, 0.15) is 0 Å². The van der Waals surface area contributed by atoms with Gasteiger partial charge in [-0.2, -0.15) is 0 Å². The van der Waals surface area contributed by atoms with E-state index in [9.17, 15) is 10.1 Å². The second-order valence-corrected chi connectivity index (χ2v) is 5.60. The smallest absolute Gasteiger partial charge is 0.269 e. The fraction of sp³-hybridized carbons (Fsp3) is 0.0625. The molecule has 2 aromatic carbocycles. The molecular formula is C16H11BrN2O3. The number of rotatable bonds is 3. The summed E-state index contributed by atoms with van der Waals surface area (Å²) in [5.74, 6) is 0.490. The number of non-ortho nitro benzene ring substituents is 1. The number of nitro benzene ring substituents is 1. The van der Waals surface area contributed by atoms with Crippen molar-refractivity contribution in [1.82, 2.24) is 4.98 Å². The lowest BCUT2D eigenvalue weighted by molar-refractivity contribution is -0.384. The van der Waals surface area contributed by atoms with Crippen LogP contribution in [0.5, 0.6) is 5.88 Å². The standard InChI is InChI=1S/C16H11BrN2O3/c1-22-16-14(10-2-5-13(6-3-10)19(20)21)9-11-8-12(17)4-7-15(11)18-16/h2-9H,1H3. The van der Waals surface area contributed by atoms with Crippen LogP contribution in [0.2, 0.25) is 0 Å². The van der Waals surface area contributed by atoms with Crippen LogP contribution >= 0.6 is 15.9 Å². The summed E-state index contributed by atoms with van der Waals surface area (Å²) in [6, 6.07) is 14.1. The van der Waals surface area contributed by atoms with Gasteiger partial charge in [-0.3, -0.25) is 10.1 Å². The van der Waals surface area contributed by atoms with Crippen LogP contribution in [0.4, 0.5) is 5.69 Å². The van der Waals surface area contributed by atoms with Gasteiger partial charge in [0.2, 0.25) is 5.88 Å². The highest BCUT2D eigenvalue weighted by Crippen LogP contribution is 2.33. The van der Waals surface area contributed by atoms with E-state index in [-0.39, 0.29) is 5.69 Å². The van der Waals surface area contributed by atoms with Crippen molar-refractivity contribution in [1.29, 1.82) is 0 Å². The number of ether oxygens (including phenoxy) is 1. The van der Waals surface area contributed by atoms with Gasteiger partial charge in [0.05, 0.1) is 17.5 Å². The predicted octanol–water partition coefficient (Wildman–Crippen LogP) is 4.58. The Morgan fingerprint density at radius 1 is 1.14 bits per heavy atom. The van der Waals surface area contributed by atoms with Crippen LogP contribution in [0.15, 0.2) is 53.0 Å². The Balaban J connectivity index is 2.17. The van der Waals surface area contributed by atoms with E-state index in [0.29, 0.717) is 5.88 Å². The summed E-state index contributed by atoms with van der Waals surface area (Å²) in [4.78, 5) is 14.8. The van der Waals surface area contributed by atoms with Gasteiger partial charge in [0.15, 0.2) is 0 Å². The Bertz CT molecular complexity index is 863. The molecule has 0 unspecified atom stereocenters. The highest BCUT2D eigenvalue weighted by Gasteiger charge is 2.12. The summed E-state index contributed by atoms with van der Waals surface area (Å²) in [5, 5.41) is 11.7. The van der Waals surface area contributed by atoms with E-state index in [1.54, 1.807) is 19.2 Å². The van der Waals surface area contributed by atoms with Gasteiger partial charge < -0.3 is 4.74 Å². The highest BCUT2D eigenvalue weighted by atomic mass is 79.9. The van der Waals surface area contributed by atoms with Crippen molar-refractivity contribution >= 4 is 32.5 Å². The molecule has 0 bridgehead atoms. The topological polar surface area (TPSA) is 65.3 Å². The number of fused-ring (bicyclic) bond motifs is 1. The first-order chi connectivity index (χ1) is 10.6. The number of nitrogens with zero attached hydrogens (tertiary/aromatic N) is 2. The number of halogens is 1. The largest absolute Gasteiger partial charge is 0.481 e. The van der Waals surface area contributed by atoms with Crippen LogP contribution in [-0.2, 0) is 0 Å². The lowest BCUT2D eigenvalue weighted by Gasteiger charge is -2.10. The molecule has 0 aliphatic rings. The van der Waals surface area contributed by atoms with Gasteiger partial charge in [-0.15, -0.1) is 0 Å². The monoisotopic (exact) mass is 358 g/mol. The molecule has 0 atom stereocenters. The Hall–Kier alpha value is -2.47. The van der Waals surface area contributed by atoms with Crippen molar-refractivity contribution < 1.29 is 9.66 Å². The lowest BCUT2D eigenvalue weighted by Crippen LogP contribution is -1.93. The number of benzene rings is 2. The molecule has 0 saturated carbocycles. The number of methoxy groups -OCH3 is 1. The first-order valence-corrected chi connectivity index (χ1v) is 7.27. The Kier molecular flexibility index (Phi) is 3.77. The van der Waals surface area contributed by atoms with Gasteiger partial charge >= 0.3 is 0 Å². The van der Waals surface area contributed by atoms with Crippen molar-refractivity contribution in [3.8, 4) is 17.0 Å².